The largest absolute Gasteiger partial charge is 0.368 e. The van der Waals surface area contributed by atoms with Gasteiger partial charge in [-0.3, -0.25) is 4.79 Å². The van der Waals surface area contributed by atoms with Crippen molar-refractivity contribution in [3.63, 3.8) is 0 Å². The number of carbonyl (C=O) groups excluding carboxylic acids is 1. The van der Waals surface area contributed by atoms with E-state index >= 15 is 0 Å². The van der Waals surface area contributed by atoms with E-state index in [4.69, 9.17) is 5.73 Å². The molecule has 1 atom stereocenters. The third kappa shape index (κ3) is 3.82. The highest BCUT2D eigenvalue weighted by molar-refractivity contribution is 7.89. The molecule has 0 saturated carbocycles. The molecule has 5 nitrogen and oxygen atoms in total. The van der Waals surface area contributed by atoms with Crippen molar-refractivity contribution >= 4 is 15.9 Å². The van der Waals surface area contributed by atoms with Crippen molar-refractivity contribution < 1.29 is 13.2 Å². The van der Waals surface area contributed by atoms with Crippen molar-refractivity contribution in [3.8, 4) is 11.1 Å². The van der Waals surface area contributed by atoms with E-state index in [-0.39, 0.29) is 4.90 Å². The van der Waals surface area contributed by atoms with E-state index in [1.807, 2.05) is 30.3 Å². The molecule has 0 saturated heterocycles. The average Bonchev–Trinajstić information content (AvgIpc) is 2.67. The van der Waals surface area contributed by atoms with E-state index < -0.39 is 22.0 Å². The number of nitrogens with two attached hydrogens (primary N) is 1. The Morgan fingerprint density at radius 2 is 1.35 bits per heavy atom. The van der Waals surface area contributed by atoms with E-state index in [1.54, 1.807) is 48.5 Å². The zero-order valence-corrected chi connectivity index (χ0v) is 14.7. The van der Waals surface area contributed by atoms with Crippen LogP contribution < -0.4 is 10.5 Å². The van der Waals surface area contributed by atoms with Gasteiger partial charge in [0.2, 0.25) is 15.9 Å². The molecule has 0 radical (unpaired) electrons. The summed E-state index contributed by atoms with van der Waals surface area (Å²) in [6.07, 6.45) is 0. The fourth-order valence-electron chi connectivity index (χ4n) is 2.71. The van der Waals surface area contributed by atoms with Crippen LogP contribution in [0.3, 0.4) is 0 Å². The van der Waals surface area contributed by atoms with Crippen molar-refractivity contribution in [2.24, 2.45) is 5.73 Å². The second kappa shape index (κ2) is 7.51. The first kappa shape index (κ1) is 17.8. The van der Waals surface area contributed by atoms with Crippen molar-refractivity contribution in [3.05, 3.63) is 90.5 Å². The van der Waals surface area contributed by atoms with E-state index in [1.165, 1.54) is 6.07 Å². The summed E-state index contributed by atoms with van der Waals surface area (Å²) >= 11 is 0. The van der Waals surface area contributed by atoms with E-state index in [0.29, 0.717) is 11.1 Å². The summed E-state index contributed by atoms with van der Waals surface area (Å²) in [4.78, 5) is 12.0. The summed E-state index contributed by atoms with van der Waals surface area (Å²) < 4.78 is 28.4. The van der Waals surface area contributed by atoms with Gasteiger partial charge in [0.15, 0.2) is 0 Å². The molecule has 132 valence electrons. The molecule has 3 aromatic rings. The van der Waals surface area contributed by atoms with E-state index in [0.717, 1.165) is 5.56 Å². The minimum Gasteiger partial charge on any atom is -0.368 e. The number of hydrogen-bond acceptors (Lipinski definition) is 3. The van der Waals surface area contributed by atoms with Crippen molar-refractivity contribution in [1.82, 2.24) is 4.72 Å². The minimum atomic E-state index is -3.98. The van der Waals surface area contributed by atoms with Gasteiger partial charge in [0.25, 0.3) is 0 Å². The Kier molecular flexibility index (Phi) is 5.16. The zero-order valence-electron chi connectivity index (χ0n) is 13.9. The minimum absolute atomic E-state index is 0.0911. The molecule has 0 heterocycles. The molecule has 0 aromatic heterocycles. The predicted molar refractivity (Wildman–Crippen MR) is 101 cm³/mol. The van der Waals surface area contributed by atoms with E-state index in [2.05, 4.69) is 4.72 Å². The third-order valence-electron chi connectivity index (χ3n) is 3.95. The van der Waals surface area contributed by atoms with Crippen LogP contribution in [0.15, 0.2) is 89.8 Å². The molecule has 0 spiro atoms. The molecule has 6 heteroatoms. The van der Waals surface area contributed by atoms with Gasteiger partial charge in [-0.15, -0.1) is 0 Å². The van der Waals surface area contributed by atoms with Crippen LogP contribution >= 0.6 is 0 Å². The van der Waals surface area contributed by atoms with Gasteiger partial charge in [0.1, 0.15) is 6.04 Å². The fourth-order valence-corrected chi connectivity index (χ4v) is 4.13. The molecule has 3 aromatic carbocycles. The van der Waals surface area contributed by atoms with Crippen LogP contribution in [0.5, 0.6) is 0 Å². The second-order valence-corrected chi connectivity index (χ2v) is 7.41. The average molecular weight is 366 g/mol. The molecule has 0 fully saturated rings. The molecule has 1 amide bonds. The summed E-state index contributed by atoms with van der Waals surface area (Å²) in [6, 6.07) is 23.2. The molecular formula is C20H18N2O3S. The lowest BCUT2D eigenvalue weighted by Gasteiger charge is -2.18. The lowest BCUT2D eigenvalue weighted by molar-refractivity contribution is -0.119. The number of amides is 1. The van der Waals surface area contributed by atoms with Crippen molar-refractivity contribution in [2.45, 2.75) is 10.9 Å². The molecule has 0 aliphatic heterocycles. The summed E-state index contributed by atoms with van der Waals surface area (Å²) in [7, 11) is -3.98. The Morgan fingerprint density at radius 3 is 1.96 bits per heavy atom. The number of rotatable bonds is 6. The summed E-state index contributed by atoms with van der Waals surface area (Å²) in [5.41, 5.74) is 7.24. The highest BCUT2D eigenvalue weighted by Crippen LogP contribution is 2.28. The third-order valence-corrected chi connectivity index (χ3v) is 5.43. The van der Waals surface area contributed by atoms with Crippen LogP contribution in [0.1, 0.15) is 11.6 Å². The number of nitrogens with one attached hydrogen (secondary N) is 1. The maximum absolute atomic E-state index is 13.0. The molecule has 0 aliphatic carbocycles. The van der Waals surface area contributed by atoms with Gasteiger partial charge in [-0.1, -0.05) is 78.9 Å². The smallest absolute Gasteiger partial charge is 0.242 e. The van der Waals surface area contributed by atoms with Crippen LogP contribution in [-0.4, -0.2) is 14.3 Å². The highest BCUT2D eigenvalue weighted by atomic mass is 32.2. The number of primary amides is 1. The molecule has 3 rings (SSSR count). The summed E-state index contributed by atoms with van der Waals surface area (Å²) in [5.74, 6) is -0.767. The highest BCUT2D eigenvalue weighted by Gasteiger charge is 2.27. The molecular weight excluding hydrogens is 348 g/mol. The van der Waals surface area contributed by atoms with Crippen molar-refractivity contribution in [1.29, 1.82) is 0 Å². The molecule has 26 heavy (non-hydrogen) atoms. The van der Waals surface area contributed by atoms with Gasteiger partial charge < -0.3 is 5.73 Å². The van der Waals surface area contributed by atoms with Crippen LogP contribution in [0, 0.1) is 0 Å². The van der Waals surface area contributed by atoms with Crippen molar-refractivity contribution in [2.75, 3.05) is 0 Å². The molecule has 3 N–H and O–H groups in total. The quantitative estimate of drug-likeness (QED) is 0.703. The van der Waals surface area contributed by atoms with Crippen LogP contribution in [0.4, 0.5) is 0 Å². The number of carbonyl (C=O) groups is 1. The summed E-state index contributed by atoms with van der Waals surface area (Å²) in [6.45, 7) is 0. The fraction of sp³-hybridized carbons (Fsp3) is 0.0500. The first-order valence-corrected chi connectivity index (χ1v) is 9.48. The predicted octanol–water partition coefficient (Wildman–Crippen LogP) is 2.86. The number of benzene rings is 3. The lowest BCUT2D eigenvalue weighted by Crippen LogP contribution is -2.37. The molecule has 0 aliphatic rings. The van der Waals surface area contributed by atoms with Gasteiger partial charge in [-0.2, -0.15) is 4.72 Å². The maximum Gasteiger partial charge on any atom is 0.242 e. The standard InChI is InChI=1S/C20H18N2O3S/c21-20(23)19(16-11-5-2-6-12-16)22-26(24,25)18-14-8-7-13-17(18)15-9-3-1-4-10-15/h1-14,19,22H,(H2,21,23)/t19-/m1/s1. The summed E-state index contributed by atoms with van der Waals surface area (Å²) in [5, 5.41) is 0. The van der Waals surface area contributed by atoms with Crippen LogP contribution in [0.25, 0.3) is 11.1 Å². The van der Waals surface area contributed by atoms with Gasteiger partial charge in [-0.05, 0) is 17.2 Å². The Labute approximate surface area is 152 Å². The first-order chi connectivity index (χ1) is 12.5. The topological polar surface area (TPSA) is 89.3 Å². The number of hydrogen-bond donors (Lipinski definition) is 2. The van der Waals surface area contributed by atoms with Gasteiger partial charge >= 0.3 is 0 Å². The number of sulfonamides is 1. The van der Waals surface area contributed by atoms with Gasteiger partial charge in [-0.25, -0.2) is 8.42 Å². The SMILES string of the molecule is NC(=O)[C@H](NS(=O)(=O)c1ccccc1-c1ccccc1)c1ccccc1. The van der Waals surface area contributed by atoms with E-state index in [9.17, 15) is 13.2 Å². The Morgan fingerprint density at radius 1 is 0.808 bits per heavy atom. The van der Waals surface area contributed by atoms with Gasteiger partial charge in [0, 0.05) is 5.56 Å². The molecule has 0 bridgehead atoms. The Hall–Kier alpha value is -2.96. The lowest BCUT2D eigenvalue weighted by atomic mass is 10.1. The monoisotopic (exact) mass is 366 g/mol. The normalized spacial score (nSPS) is 12.5. The first-order valence-electron chi connectivity index (χ1n) is 8.00. The maximum atomic E-state index is 13.0. The Bertz CT molecular complexity index is 1000. The second-order valence-electron chi connectivity index (χ2n) is 5.73. The van der Waals surface area contributed by atoms with Crippen LogP contribution in [0.2, 0.25) is 0 Å². The van der Waals surface area contributed by atoms with Gasteiger partial charge in [0.05, 0.1) is 4.90 Å². The van der Waals surface area contributed by atoms with Crippen LogP contribution in [-0.2, 0) is 14.8 Å². The molecule has 0 unspecified atom stereocenters. The Balaban J connectivity index is 2.03. The zero-order chi connectivity index (χ0) is 18.6.